The predicted molar refractivity (Wildman–Crippen MR) is 120 cm³/mol. The van der Waals surface area contributed by atoms with E-state index in [-0.39, 0.29) is 6.54 Å². The van der Waals surface area contributed by atoms with Gasteiger partial charge in [0.2, 0.25) is 0 Å². The van der Waals surface area contributed by atoms with Crippen molar-refractivity contribution in [2.45, 2.75) is 13.2 Å². The Labute approximate surface area is 188 Å². The standard InChI is InChI=1S/C24H17ClFNO3S/c25-19-9-5-17(6-10-19)15-30-20-11-7-16(8-12-20)13-22-23(28)27(24(29)31-22)14-18-3-1-2-4-21(18)26/h1-13H,14-15H2/b22-13-. The number of hydrogen-bond donors (Lipinski definition) is 0. The van der Waals surface area contributed by atoms with E-state index >= 15 is 0 Å². The van der Waals surface area contributed by atoms with Gasteiger partial charge in [0.05, 0.1) is 11.4 Å². The first-order valence-electron chi connectivity index (χ1n) is 9.46. The van der Waals surface area contributed by atoms with E-state index < -0.39 is 17.0 Å². The van der Waals surface area contributed by atoms with Crippen molar-refractivity contribution in [1.29, 1.82) is 0 Å². The van der Waals surface area contributed by atoms with Crippen LogP contribution < -0.4 is 4.74 Å². The molecule has 0 unspecified atom stereocenters. The molecule has 1 fully saturated rings. The number of nitrogens with zero attached hydrogens (tertiary/aromatic N) is 1. The van der Waals surface area contributed by atoms with Crippen molar-refractivity contribution in [3.8, 4) is 5.75 Å². The zero-order chi connectivity index (χ0) is 21.8. The maximum Gasteiger partial charge on any atom is 0.293 e. The van der Waals surface area contributed by atoms with Crippen LogP contribution in [0.1, 0.15) is 16.7 Å². The highest BCUT2D eigenvalue weighted by Gasteiger charge is 2.35. The molecule has 156 valence electrons. The molecule has 0 saturated carbocycles. The highest BCUT2D eigenvalue weighted by molar-refractivity contribution is 8.18. The summed E-state index contributed by atoms with van der Waals surface area (Å²) in [7, 11) is 0. The van der Waals surface area contributed by atoms with Gasteiger partial charge < -0.3 is 4.74 Å². The van der Waals surface area contributed by atoms with Gasteiger partial charge in [-0.15, -0.1) is 0 Å². The number of hydrogen-bond acceptors (Lipinski definition) is 4. The van der Waals surface area contributed by atoms with Crippen molar-refractivity contribution in [3.05, 3.63) is 105 Å². The molecule has 0 aromatic heterocycles. The molecule has 3 aromatic carbocycles. The molecule has 0 bridgehead atoms. The Morgan fingerprint density at radius 2 is 1.68 bits per heavy atom. The molecule has 0 atom stereocenters. The molecule has 31 heavy (non-hydrogen) atoms. The lowest BCUT2D eigenvalue weighted by atomic mass is 10.2. The molecular weight excluding hydrogens is 437 g/mol. The molecular formula is C24H17ClFNO3S. The monoisotopic (exact) mass is 453 g/mol. The minimum absolute atomic E-state index is 0.0911. The molecule has 4 rings (SSSR count). The lowest BCUT2D eigenvalue weighted by Gasteiger charge is -2.12. The first kappa shape index (κ1) is 21.2. The van der Waals surface area contributed by atoms with Gasteiger partial charge in [0, 0.05) is 10.6 Å². The molecule has 2 amide bonds. The van der Waals surface area contributed by atoms with Gasteiger partial charge in [0.25, 0.3) is 11.1 Å². The van der Waals surface area contributed by atoms with E-state index in [1.807, 2.05) is 36.4 Å². The molecule has 0 N–H and O–H groups in total. The molecule has 3 aromatic rings. The average molecular weight is 454 g/mol. The quantitative estimate of drug-likeness (QED) is 0.411. The summed E-state index contributed by atoms with van der Waals surface area (Å²) in [5.41, 5.74) is 2.06. The zero-order valence-corrected chi connectivity index (χ0v) is 17.8. The van der Waals surface area contributed by atoms with Gasteiger partial charge in [-0.3, -0.25) is 14.5 Å². The van der Waals surface area contributed by atoms with Crippen LogP contribution in [0.2, 0.25) is 5.02 Å². The van der Waals surface area contributed by atoms with E-state index in [2.05, 4.69) is 0 Å². The van der Waals surface area contributed by atoms with Crippen LogP contribution in [0.5, 0.6) is 5.75 Å². The minimum Gasteiger partial charge on any atom is -0.489 e. The van der Waals surface area contributed by atoms with Crippen LogP contribution in [0.4, 0.5) is 9.18 Å². The molecule has 1 heterocycles. The summed E-state index contributed by atoms with van der Waals surface area (Å²) in [5, 5.41) is 0.258. The number of rotatable bonds is 6. The lowest BCUT2D eigenvalue weighted by Crippen LogP contribution is -2.27. The number of imide groups is 1. The normalized spacial score (nSPS) is 15.0. The first-order chi connectivity index (χ1) is 15.0. The zero-order valence-electron chi connectivity index (χ0n) is 16.3. The number of amides is 2. The van der Waals surface area contributed by atoms with Crippen LogP contribution in [-0.4, -0.2) is 16.0 Å². The number of halogens is 2. The molecule has 4 nitrogen and oxygen atoms in total. The number of ether oxygens (including phenoxy) is 1. The largest absolute Gasteiger partial charge is 0.489 e. The van der Waals surface area contributed by atoms with Crippen molar-refractivity contribution in [3.63, 3.8) is 0 Å². The molecule has 1 saturated heterocycles. The third kappa shape index (κ3) is 5.16. The first-order valence-corrected chi connectivity index (χ1v) is 10.6. The fraction of sp³-hybridized carbons (Fsp3) is 0.0833. The molecule has 0 spiro atoms. The second kappa shape index (κ2) is 9.37. The second-order valence-electron chi connectivity index (χ2n) is 6.84. The van der Waals surface area contributed by atoms with Crippen LogP contribution in [0.15, 0.2) is 77.7 Å². The Balaban J connectivity index is 1.41. The summed E-state index contributed by atoms with van der Waals surface area (Å²) in [6.07, 6.45) is 1.65. The Bertz CT molecular complexity index is 1150. The Morgan fingerprint density at radius 3 is 2.39 bits per heavy atom. The maximum atomic E-state index is 13.9. The summed E-state index contributed by atoms with van der Waals surface area (Å²) >= 11 is 6.73. The van der Waals surface area contributed by atoms with Crippen LogP contribution in [-0.2, 0) is 17.9 Å². The van der Waals surface area contributed by atoms with E-state index in [4.69, 9.17) is 16.3 Å². The number of thioether (sulfide) groups is 1. The Kier molecular flexibility index (Phi) is 6.39. The van der Waals surface area contributed by atoms with Crippen molar-refractivity contribution in [1.82, 2.24) is 4.90 Å². The van der Waals surface area contributed by atoms with Crippen LogP contribution >= 0.6 is 23.4 Å². The van der Waals surface area contributed by atoms with Crippen LogP contribution in [0.25, 0.3) is 6.08 Å². The third-order valence-electron chi connectivity index (χ3n) is 4.66. The molecule has 1 aliphatic rings. The maximum absolute atomic E-state index is 13.9. The Morgan fingerprint density at radius 1 is 0.968 bits per heavy atom. The van der Waals surface area contributed by atoms with E-state index in [9.17, 15) is 14.0 Å². The van der Waals surface area contributed by atoms with Crippen molar-refractivity contribution >= 4 is 40.6 Å². The summed E-state index contributed by atoms with van der Waals surface area (Å²) in [5.74, 6) is -0.194. The van der Waals surface area contributed by atoms with E-state index in [0.29, 0.717) is 27.8 Å². The van der Waals surface area contributed by atoms with Gasteiger partial charge >= 0.3 is 0 Å². The molecule has 7 heteroatoms. The third-order valence-corrected chi connectivity index (χ3v) is 5.82. The van der Waals surface area contributed by atoms with Gasteiger partial charge in [0.1, 0.15) is 18.2 Å². The van der Waals surface area contributed by atoms with Gasteiger partial charge in [-0.05, 0) is 59.3 Å². The average Bonchev–Trinajstić information content (AvgIpc) is 3.03. The lowest BCUT2D eigenvalue weighted by molar-refractivity contribution is -0.123. The van der Waals surface area contributed by atoms with E-state index in [1.165, 1.54) is 6.07 Å². The number of carbonyl (C=O) groups excluding carboxylic acids is 2. The minimum atomic E-state index is -0.445. The van der Waals surface area contributed by atoms with Gasteiger partial charge in [-0.2, -0.15) is 0 Å². The topological polar surface area (TPSA) is 46.6 Å². The fourth-order valence-corrected chi connectivity index (χ4v) is 3.96. The van der Waals surface area contributed by atoms with Gasteiger partial charge in [-0.1, -0.05) is 54.1 Å². The number of benzene rings is 3. The van der Waals surface area contributed by atoms with Crippen LogP contribution in [0, 0.1) is 5.82 Å². The van der Waals surface area contributed by atoms with Gasteiger partial charge in [-0.25, -0.2) is 4.39 Å². The summed E-state index contributed by atoms with van der Waals surface area (Å²) in [6, 6.07) is 20.7. The van der Waals surface area contributed by atoms with Crippen molar-refractivity contribution in [2.24, 2.45) is 0 Å². The van der Waals surface area contributed by atoms with E-state index in [1.54, 1.807) is 36.4 Å². The summed E-state index contributed by atoms with van der Waals surface area (Å²) in [4.78, 5) is 26.3. The molecule has 0 aliphatic carbocycles. The van der Waals surface area contributed by atoms with Crippen LogP contribution in [0.3, 0.4) is 0 Å². The van der Waals surface area contributed by atoms with Gasteiger partial charge in [0.15, 0.2) is 0 Å². The highest BCUT2D eigenvalue weighted by atomic mass is 35.5. The molecule has 0 radical (unpaired) electrons. The SMILES string of the molecule is O=C1S/C(=C\c2ccc(OCc3ccc(Cl)cc3)cc2)C(=O)N1Cc1ccccc1F. The summed E-state index contributed by atoms with van der Waals surface area (Å²) < 4.78 is 19.6. The summed E-state index contributed by atoms with van der Waals surface area (Å²) in [6.45, 7) is 0.317. The smallest absolute Gasteiger partial charge is 0.293 e. The fourth-order valence-electron chi connectivity index (χ4n) is 2.99. The van der Waals surface area contributed by atoms with E-state index in [0.717, 1.165) is 27.8 Å². The highest BCUT2D eigenvalue weighted by Crippen LogP contribution is 2.33. The molecule has 1 aliphatic heterocycles. The second-order valence-corrected chi connectivity index (χ2v) is 8.27. The number of carbonyl (C=O) groups is 2. The van der Waals surface area contributed by atoms with Crippen molar-refractivity contribution < 1.29 is 18.7 Å². The Hall–Kier alpha value is -3.09. The predicted octanol–water partition coefficient (Wildman–Crippen LogP) is 6.29. The van der Waals surface area contributed by atoms with Crippen molar-refractivity contribution in [2.75, 3.05) is 0 Å².